The number of benzene rings is 1. The van der Waals surface area contributed by atoms with Crippen LogP contribution in [0.5, 0.6) is 0 Å². The van der Waals surface area contributed by atoms with E-state index in [0.29, 0.717) is 0 Å². The van der Waals surface area contributed by atoms with Crippen molar-refractivity contribution in [3.05, 3.63) is 35.9 Å². The molecular weight excluding hydrogens is 238 g/mol. The zero-order chi connectivity index (χ0) is 13.5. The van der Waals surface area contributed by atoms with Crippen molar-refractivity contribution >= 4 is 0 Å². The average molecular weight is 263 g/mol. The lowest BCUT2D eigenvalue weighted by molar-refractivity contribution is -0.0895. The second kappa shape index (κ2) is 7.63. The van der Waals surface area contributed by atoms with E-state index >= 15 is 0 Å². The standard InChI is InChI=1S/C16H25NO2/c1-2-17-11-12-19-16(13-17)15(18)10-6-9-14-7-4-3-5-8-14/h3-5,7-8,15-16,18H,2,6,9-13H2,1H3. The van der Waals surface area contributed by atoms with Crippen molar-refractivity contribution in [2.24, 2.45) is 0 Å². The van der Waals surface area contributed by atoms with E-state index in [2.05, 4.69) is 36.1 Å². The van der Waals surface area contributed by atoms with E-state index in [4.69, 9.17) is 4.74 Å². The summed E-state index contributed by atoms with van der Waals surface area (Å²) in [6, 6.07) is 10.4. The SMILES string of the molecule is CCN1CCOC(C(O)CCCc2ccccc2)C1. The van der Waals surface area contributed by atoms with Crippen LogP contribution in [0.2, 0.25) is 0 Å². The Hall–Kier alpha value is -0.900. The lowest BCUT2D eigenvalue weighted by atomic mass is 10.0. The Labute approximate surface area is 116 Å². The number of morpholine rings is 1. The van der Waals surface area contributed by atoms with Gasteiger partial charge in [-0.2, -0.15) is 0 Å². The van der Waals surface area contributed by atoms with E-state index in [-0.39, 0.29) is 12.2 Å². The van der Waals surface area contributed by atoms with Gasteiger partial charge in [-0.05, 0) is 31.4 Å². The van der Waals surface area contributed by atoms with Crippen LogP contribution in [0.4, 0.5) is 0 Å². The van der Waals surface area contributed by atoms with Crippen molar-refractivity contribution in [2.75, 3.05) is 26.2 Å². The molecule has 0 aromatic heterocycles. The molecule has 0 saturated carbocycles. The smallest absolute Gasteiger partial charge is 0.0960 e. The fourth-order valence-corrected chi connectivity index (χ4v) is 2.60. The molecule has 1 aliphatic rings. The third-order valence-electron chi connectivity index (χ3n) is 3.86. The third-order valence-corrected chi connectivity index (χ3v) is 3.86. The highest BCUT2D eigenvalue weighted by Gasteiger charge is 2.25. The predicted octanol–water partition coefficient (Wildman–Crippen LogP) is 2.09. The maximum Gasteiger partial charge on any atom is 0.0960 e. The van der Waals surface area contributed by atoms with Crippen molar-refractivity contribution in [2.45, 2.75) is 38.4 Å². The Morgan fingerprint density at radius 1 is 1.37 bits per heavy atom. The number of likely N-dealkylation sites (N-methyl/N-ethyl adjacent to an activating group) is 1. The van der Waals surface area contributed by atoms with Crippen molar-refractivity contribution in [3.63, 3.8) is 0 Å². The van der Waals surface area contributed by atoms with Gasteiger partial charge in [-0.3, -0.25) is 4.90 Å². The normalized spacial score (nSPS) is 22.3. The predicted molar refractivity (Wildman–Crippen MR) is 77.2 cm³/mol. The van der Waals surface area contributed by atoms with E-state index in [9.17, 15) is 5.11 Å². The highest BCUT2D eigenvalue weighted by atomic mass is 16.5. The number of ether oxygens (including phenoxy) is 1. The lowest BCUT2D eigenvalue weighted by Gasteiger charge is -2.34. The Morgan fingerprint density at radius 3 is 2.89 bits per heavy atom. The summed E-state index contributed by atoms with van der Waals surface area (Å²) < 4.78 is 5.68. The van der Waals surface area contributed by atoms with Gasteiger partial charge in [-0.25, -0.2) is 0 Å². The van der Waals surface area contributed by atoms with Gasteiger partial charge in [0.05, 0.1) is 18.8 Å². The number of aliphatic hydroxyl groups is 1. The van der Waals surface area contributed by atoms with Gasteiger partial charge < -0.3 is 9.84 Å². The molecule has 2 rings (SSSR count). The van der Waals surface area contributed by atoms with Gasteiger partial charge in [-0.1, -0.05) is 37.3 Å². The highest BCUT2D eigenvalue weighted by molar-refractivity contribution is 5.14. The quantitative estimate of drug-likeness (QED) is 0.853. The first-order chi connectivity index (χ1) is 9.29. The first-order valence-corrected chi connectivity index (χ1v) is 7.35. The third kappa shape index (κ3) is 4.60. The zero-order valence-corrected chi connectivity index (χ0v) is 11.8. The van der Waals surface area contributed by atoms with Gasteiger partial charge in [-0.15, -0.1) is 0 Å². The molecule has 0 bridgehead atoms. The van der Waals surface area contributed by atoms with Crippen molar-refractivity contribution in [1.29, 1.82) is 0 Å². The molecule has 1 aromatic carbocycles. The summed E-state index contributed by atoms with van der Waals surface area (Å²) in [6.45, 7) is 5.79. The molecule has 1 saturated heterocycles. The number of rotatable bonds is 6. The van der Waals surface area contributed by atoms with Gasteiger partial charge in [0.2, 0.25) is 0 Å². The second-order valence-corrected chi connectivity index (χ2v) is 5.25. The summed E-state index contributed by atoms with van der Waals surface area (Å²) in [4.78, 5) is 2.34. The largest absolute Gasteiger partial charge is 0.390 e. The molecule has 2 unspecified atom stereocenters. The molecule has 1 aliphatic heterocycles. The van der Waals surface area contributed by atoms with Crippen LogP contribution in [0.1, 0.15) is 25.3 Å². The van der Waals surface area contributed by atoms with E-state index in [0.717, 1.165) is 45.5 Å². The summed E-state index contributed by atoms with van der Waals surface area (Å²) in [5, 5.41) is 10.2. The van der Waals surface area contributed by atoms with Gasteiger partial charge in [0.15, 0.2) is 0 Å². The molecule has 1 aromatic rings. The number of hydrogen-bond acceptors (Lipinski definition) is 3. The van der Waals surface area contributed by atoms with Crippen LogP contribution >= 0.6 is 0 Å². The summed E-state index contributed by atoms with van der Waals surface area (Å²) >= 11 is 0. The van der Waals surface area contributed by atoms with E-state index in [1.807, 2.05) is 6.07 Å². The lowest BCUT2D eigenvalue weighted by Crippen LogP contribution is -2.47. The molecule has 19 heavy (non-hydrogen) atoms. The Kier molecular flexibility index (Phi) is 5.83. The number of hydrogen-bond donors (Lipinski definition) is 1. The first-order valence-electron chi connectivity index (χ1n) is 7.35. The Morgan fingerprint density at radius 2 is 2.16 bits per heavy atom. The molecule has 1 heterocycles. The maximum absolute atomic E-state index is 10.2. The first kappa shape index (κ1) is 14.5. The van der Waals surface area contributed by atoms with Gasteiger partial charge in [0.1, 0.15) is 0 Å². The Balaban J connectivity index is 1.70. The summed E-state index contributed by atoms with van der Waals surface area (Å²) in [5.41, 5.74) is 1.34. The van der Waals surface area contributed by atoms with Crippen LogP contribution in [0.25, 0.3) is 0 Å². The minimum absolute atomic E-state index is 0.00975. The molecule has 3 nitrogen and oxygen atoms in total. The van der Waals surface area contributed by atoms with Crippen LogP contribution in [0, 0.1) is 0 Å². The van der Waals surface area contributed by atoms with Crippen LogP contribution in [0.3, 0.4) is 0 Å². The summed E-state index contributed by atoms with van der Waals surface area (Å²) in [5.74, 6) is 0. The molecule has 1 N–H and O–H groups in total. The minimum atomic E-state index is -0.335. The summed E-state index contributed by atoms with van der Waals surface area (Å²) in [6.07, 6.45) is 2.51. The molecule has 3 heteroatoms. The molecule has 0 amide bonds. The van der Waals surface area contributed by atoms with Crippen molar-refractivity contribution in [1.82, 2.24) is 4.90 Å². The van der Waals surface area contributed by atoms with Crippen LogP contribution in [0.15, 0.2) is 30.3 Å². The molecule has 0 spiro atoms. The zero-order valence-electron chi connectivity index (χ0n) is 11.8. The van der Waals surface area contributed by atoms with Crippen LogP contribution in [-0.2, 0) is 11.2 Å². The minimum Gasteiger partial charge on any atom is -0.390 e. The van der Waals surface area contributed by atoms with Crippen molar-refractivity contribution in [3.8, 4) is 0 Å². The second-order valence-electron chi connectivity index (χ2n) is 5.25. The van der Waals surface area contributed by atoms with Crippen LogP contribution < -0.4 is 0 Å². The van der Waals surface area contributed by atoms with E-state index < -0.39 is 0 Å². The van der Waals surface area contributed by atoms with E-state index in [1.54, 1.807) is 0 Å². The fourth-order valence-electron chi connectivity index (χ4n) is 2.60. The van der Waals surface area contributed by atoms with Crippen molar-refractivity contribution < 1.29 is 9.84 Å². The molecule has 2 atom stereocenters. The molecular formula is C16H25NO2. The summed E-state index contributed by atoms with van der Waals surface area (Å²) in [7, 11) is 0. The monoisotopic (exact) mass is 263 g/mol. The Bertz CT molecular complexity index is 355. The van der Waals surface area contributed by atoms with Gasteiger partial charge in [0, 0.05) is 13.1 Å². The maximum atomic E-state index is 10.2. The molecule has 0 aliphatic carbocycles. The fraction of sp³-hybridized carbons (Fsp3) is 0.625. The highest BCUT2D eigenvalue weighted by Crippen LogP contribution is 2.14. The van der Waals surface area contributed by atoms with E-state index in [1.165, 1.54) is 5.56 Å². The van der Waals surface area contributed by atoms with Crippen LogP contribution in [-0.4, -0.2) is 48.5 Å². The number of aliphatic hydroxyl groups excluding tert-OH is 1. The van der Waals surface area contributed by atoms with Gasteiger partial charge >= 0.3 is 0 Å². The van der Waals surface area contributed by atoms with Gasteiger partial charge in [0.25, 0.3) is 0 Å². The average Bonchev–Trinajstić information content (AvgIpc) is 2.48. The topological polar surface area (TPSA) is 32.7 Å². The number of nitrogens with zero attached hydrogens (tertiary/aromatic N) is 1. The molecule has 0 radical (unpaired) electrons. The molecule has 106 valence electrons. The molecule has 1 fully saturated rings. The number of aryl methyl sites for hydroxylation is 1.